The number of aromatic nitrogens is 2. The summed E-state index contributed by atoms with van der Waals surface area (Å²) in [5.41, 5.74) is 2.62. The summed E-state index contributed by atoms with van der Waals surface area (Å²) in [5.74, 6) is -0.0549. The molecule has 1 saturated carbocycles. The largest absolute Gasteiger partial charge is 0.506 e. The van der Waals surface area contributed by atoms with E-state index >= 15 is 0 Å². The molecule has 0 aliphatic heterocycles. The van der Waals surface area contributed by atoms with E-state index in [9.17, 15) is 14.3 Å². The van der Waals surface area contributed by atoms with Crippen LogP contribution in [0.3, 0.4) is 0 Å². The van der Waals surface area contributed by atoms with E-state index in [1.54, 1.807) is 0 Å². The van der Waals surface area contributed by atoms with E-state index in [2.05, 4.69) is 9.88 Å². The van der Waals surface area contributed by atoms with Gasteiger partial charge >= 0.3 is 0 Å². The normalized spacial score (nSPS) is 14.0. The van der Waals surface area contributed by atoms with Crippen LogP contribution in [0.4, 0.5) is 4.39 Å². The summed E-state index contributed by atoms with van der Waals surface area (Å²) in [5, 5.41) is 12.3. The first-order chi connectivity index (χ1) is 12.4. The van der Waals surface area contributed by atoms with Gasteiger partial charge in [-0.3, -0.25) is 4.79 Å². The van der Waals surface area contributed by atoms with Crippen molar-refractivity contribution in [2.75, 3.05) is 0 Å². The van der Waals surface area contributed by atoms with Crippen LogP contribution in [0.15, 0.2) is 30.3 Å². The summed E-state index contributed by atoms with van der Waals surface area (Å²) in [4.78, 5) is 16.9. The molecule has 0 atom stereocenters. The van der Waals surface area contributed by atoms with Gasteiger partial charge < -0.3 is 15.0 Å². The van der Waals surface area contributed by atoms with Crippen LogP contribution < -0.4 is 5.32 Å². The molecule has 1 amide bonds. The fourth-order valence-electron chi connectivity index (χ4n) is 3.10. The molecule has 1 aliphatic rings. The highest BCUT2D eigenvalue weighted by molar-refractivity contribution is 6.32. The Morgan fingerprint density at radius 3 is 2.88 bits per heavy atom. The molecule has 2 aromatic carbocycles. The Morgan fingerprint density at radius 1 is 1.38 bits per heavy atom. The second kappa shape index (κ2) is 6.29. The zero-order chi connectivity index (χ0) is 18.4. The van der Waals surface area contributed by atoms with Gasteiger partial charge in [0.1, 0.15) is 17.4 Å². The molecule has 26 heavy (non-hydrogen) atoms. The van der Waals surface area contributed by atoms with Gasteiger partial charge in [0.25, 0.3) is 5.91 Å². The Morgan fingerprint density at radius 2 is 2.15 bits per heavy atom. The highest BCUT2D eigenvalue weighted by atomic mass is 35.5. The number of halogens is 2. The topological polar surface area (TPSA) is 67.2 Å². The lowest BCUT2D eigenvalue weighted by molar-refractivity contribution is 0.0947. The van der Waals surface area contributed by atoms with Crippen LogP contribution in [-0.4, -0.2) is 20.6 Å². The van der Waals surface area contributed by atoms with Crippen LogP contribution >= 0.6 is 11.6 Å². The van der Waals surface area contributed by atoms with Crippen LogP contribution in [0.1, 0.15) is 40.5 Å². The van der Waals surface area contributed by atoms with Crippen molar-refractivity contribution in [1.29, 1.82) is 0 Å². The zero-order valence-corrected chi connectivity index (χ0v) is 14.8. The highest BCUT2D eigenvalue weighted by Gasteiger charge is 2.28. The minimum atomic E-state index is -0.680. The highest BCUT2D eigenvalue weighted by Crippen LogP contribution is 2.40. The molecule has 0 bridgehead atoms. The van der Waals surface area contributed by atoms with E-state index in [0.29, 0.717) is 5.92 Å². The van der Waals surface area contributed by atoms with Gasteiger partial charge in [-0.1, -0.05) is 17.7 Å². The number of aryl methyl sites for hydroxylation is 1. The van der Waals surface area contributed by atoms with E-state index < -0.39 is 17.5 Å². The molecule has 1 aromatic heterocycles. The van der Waals surface area contributed by atoms with Crippen LogP contribution in [0.2, 0.25) is 5.02 Å². The molecular weight excluding hydrogens is 357 g/mol. The molecular formula is C19H17ClFN3O2. The minimum Gasteiger partial charge on any atom is -0.506 e. The Bertz CT molecular complexity index is 1030. The number of phenolic OH excluding ortho intramolecular Hbond substituents is 1. The summed E-state index contributed by atoms with van der Waals surface area (Å²) in [6, 6.07) is 7.74. The average Bonchev–Trinajstić information content (AvgIpc) is 3.40. The lowest BCUT2D eigenvalue weighted by Gasteiger charge is -2.08. The average molecular weight is 374 g/mol. The maximum atomic E-state index is 13.4. The number of nitrogens with zero attached hydrogens (tertiary/aromatic N) is 2. The first kappa shape index (κ1) is 16.8. The number of carbonyl (C=O) groups is 1. The number of carbonyl (C=O) groups excluding carboxylic acids is 1. The molecule has 4 rings (SSSR count). The number of nitrogens with one attached hydrogen (secondary N) is 1. The summed E-state index contributed by atoms with van der Waals surface area (Å²) < 4.78 is 15.5. The van der Waals surface area contributed by atoms with Gasteiger partial charge in [-0.05, 0) is 42.7 Å². The molecule has 7 heteroatoms. The molecule has 0 unspecified atom stereocenters. The van der Waals surface area contributed by atoms with Crippen molar-refractivity contribution in [3.05, 3.63) is 58.1 Å². The maximum absolute atomic E-state index is 13.4. The van der Waals surface area contributed by atoms with E-state index in [-0.39, 0.29) is 17.1 Å². The molecule has 1 heterocycles. The number of phenols is 1. The van der Waals surface area contributed by atoms with Gasteiger partial charge in [0.15, 0.2) is 0 Å². The van der Waals surface area contributed by atoms with Gasteiger partial charge in [-0.25, -0.2) is 9.37 Å². The molecule has 2 N–H and O–H groups in total. The fraction of sp³-hybridized carbons (Fsp3) is 0.263. The van der Waals surface area contributed by atoms with E-state index in [1.807, 2.05) is 25.2 Å². The molecule has 134 valence electrons. The van der Waals surface area contributed by atoms with Gasteiger partial charge in [-0.2, -0.15) is 0 Å². The van der Waals surface area contributed by atoms with Crippen molar-refractivity contribution in [3.8, 4) is 5.75 Å². The SMILES string of the molecule is Cn1c(C2CC2)nc2cc(CNC(=O)c3cc(F)cc(Cl)c3O)ccc21. The number of imidazole rings is 1. The van der Waals surface area contributed by atoms with Crippen molar-refractivity contribution in [1.82, 2.24) is 14.9 Å². The zero-order valence-electron chi connectivity index (χ0n) is 14.1. The quantitative estimate of drug-likeness (QED) is 0.729. The van der Waals surface area contributed by atoms with Crippen molar-refractivity contribution in [3.63, 3.8) is 0 Å². The lowest BCUT2D eigenvalue weighted by Crippen LogP contribution is -2.23. The predicted molar refractivity (Wildman–Crippen MR) is 96.9 cm³/mol. The fourth-order valence-corrected chi connectivity index (χ4v) is 3.30. The summed E-state index contributed by atoms with van der Waals surface area (Å²) >= 11 is 5.71. The predicted octanol–water partition coefficient (Wildman–Crippen LogP) is 3.88. The Kier molecular flexibility index (Phi) is 4.07. The number of aromatic hydroxyl groups is 1. The second-order valence-corrected chi connectivity index (χ2v) is 7.00. The number of rotatable bonds is 4. The van der Waals surface area contributed by atoms with Gasteiger partial charge in [0, 0.05) is 19.5 Å². The lowest BCUT2D eigenvalue weighted by atomic mass is 10.1. The number of hydrogen-bond donors (Lipinski definition) is 2. The standard InChI is InChI=1S/C19H17ClFN3O2/c1-24-16-5-2-10(6-15(16)23-18(24)11-3-4-11)9-22-19(26)13-7-12(21)8-14(20)17(13)25/h2,5-8,11,25H,3-4,9H2,1H3,(H,22,26). The smallest absolute Gasteiger partial charge is 0.255 e. The molecule has 0 saturated heterocycles. The van der Waals surface area contributed by atoms with Crippen LogP contribution in [-0.2, 0) is 13.6 Å². The van der Waals surface area contributed by atoms with Gasteiger partial charge in [-0.15, -0.1) is 0 Å². The molecule has 1 aliphatic carbocycles. The number of amides is 1. The van der Waals surface area contributed by atoms with Crippen LogP contribution in [0.25, 0.3) is 11.0 Å². The third-order valence-electron chi connectivity index (χ3n) is 4.65. The second-order valence-electron chi connectivity index (χ2n) is 6.59. The molecule has 3 aromatic rings. The van der Waals surface area contributed by atoms with Gasteiger partial charge in [0.05, 0.1) is 21.6 Å². The summed E-state index contributed by atoms with van der Waals surface area (Å²) in [7, 11) is 2.01. The molecule has 0 spiro atoms. The van der Waals surface area contributed by atoms with Crippen molar-refractivity contribution in [2.24, 2.45) is 7.05 Å². The summed E-state index contributed by atoms with van der Waals surface area (Å²) in [6.07, 6.45) is 2.36. The molecule has 5 nitrogen and oxygen atoms in total. The summed E-state index contributed by atoms with van der Waals surface area (Å²) in [6.45, 7) is 0.234. The minimum absolute atomic E-state index is 0.190. The Hall–Kier alpha value is -2.60. The molecule has 1 fully saturated rings. The van der Waals surface area contributed by atoms with E-state index in [0.717, 1.165) is 34.6 Å². The third kappa shape index (κ3) is 3.01. The Balaban J connectivity index is 1.53. The van der Waals surface area contributed by atoms with Crippen molar-refractivity contribution < 1.29 is 14.3 Å². The van der Waals surface area contributed by atoms with E-state index in [4.69, 9.17) is 16.6 Å². The van der Waals surface area contributed by atoms with Crippen LogP contribution in [0, 0.1) is 5.82 Å². The van der Waals surface area contributed by atoms with Crippen molar-refractivity contribution >= 4 is 28.5 Å². The number of benzene rings is 2. The third-order valence-corrected chi connectivity index (χ3v) is 4.94. The Labute approximate surface area is 154 Å². The number of hydrogen-bond acceptors (Lipinski definition) is 3. The van der Waals surface area contributed by atoms with Gasteiger partial charge in [0.2, 0.25) is 0 Å². The van der Waals surface area contributed by atoms with Crippen molar-refractivity contribution in [2.45, 2.75) is 25.3 Å². The number of fused-ring (bicyclic) bond motifs is 1. The van der Waals surface area contributed by atoms with Crippen LogP contribution in [0.5, 0.6) is 5.75 Å². The monoisotopic (exact) mass is 373 g/mol. The van der Waals surface area contributed by atoms with E-state index in [1.165, 1.54) is 12.8 Å². The first-order valence-corrected chi connectivity index (χ1v) is 8.73. The molecule has 0 radical (unpaired) electrons. The first-order valence-electron chi connectivity index (χ1n) is 8.35. The maximum Gasteiger partial charge on any atom is 0.255 e.